The van der Waals surface area contributed by atoms with Crippen LogP contribution in [-0.2, 0) is 34.9 Å². The fraction of sp³-hybridized carbons (Fsp3) is 0.323. The van der Waals surface area contributed by atoms with Crippen LogP contribution in [0.4, 0.5) is 26.4 Å². The van der Waals surface area contributed by atoms with Gasteiger partial charge in [0.1, 0.15) is 23.9 Å². The molecule has 0 bridgehead atoms. The third-order valence-corrected chi connectivity index (χ3v) is 8.58. The molecule has 4 atom stereocenters. The van der Waals surface area contributed by atoms with Crippen LogP contribution in [0.5, 0.6) is 0 Å². The average molecular weight is 614 g/mol. The van der Waals surface area contributed by atoms with Gasteiger partial charge >= 0.3 is 0 Å². The highest BCUT2D eigenvalue weighted by Crippen LogP contribution is 2.69. The first-order valence-electron chi connectivity index (χ1n) is 14.0. The molecule has 4 unspecified atom stereocenters. The lowest BCUT2D eigenvalue weighted by molar-refractivity contribution is -0.296. The topological polar surface area (TPSA) is 63.5 Å². The van der Waals surface area contributed by atoms with E-state index in [0.717, 1.165) is 22.4 Å². The zero-order chi connectivity index (χ0) is 30.9. The van der Waals surface area contributed by atoms with Gasteiger partial charge < -0.3 is 4.74 Å². The Morgan fingerprint density at radius 3 is 2.45 bits per heavy atom. The number of pyridine rings is 1. The Balaban J connectivity index is 1.38. The fourth-order valence-electron chi connectivity index (χ4n) is 6.72. The van der Waals surface area contributed by atoms with Crippen LogP contribution < -0.4 is 0 Å². The van der Waals surface area contributed by atoms with E-state index in [1.54, 1.807) is 31.4 Å². The second kappa shape index (κ2) is 10.4. The maximum atomic E-state index is 17.1. The molecule has 7 nitrogen and oxygen atoms in total. The molecule has 44 heavy (non-hydrogen) atoms. The SMILES string of the molecule is COCc1ccc(-c2cccnc2C(Cc2cc(F)cc(F)c2)N2C(=O)Cn3nc(C(F)F)c4c3C(F)(C3CC43)N2F)cc1. The number of aromatic nitrogens is 3. The van der Waals surface area contributed by atoms with Crippen molar-refractivity contribution in [2.24, 2.45) is 5.92 Å². The van der Waals surface area contributed by atoms with Crippen LogP contribution >= 0.6 is 0 Å². The highest BCUT2D eigenvalue weighted by molar-refractivity contribution is 5.78. The molecule has 2 aromatic heterocycles. The first kappa shape index (κ1) is 28.5. The molecule has 0 spiro atoms. The second-order valence-electron chi connectivity index (χ2n) is 11.3. The first-order valence-corrected chi connectivity index (χ1v) is 14.0. The van der Waals surface area contributed by atoms with Crippen LogP contribution in [0.1, 0.15) is 58.6 Å². The minimum absolute atomic E-state index is 0.0621. The van der Waals surface area contributed by atoms with Crippen molar-refractivity contribution in [1.82, 2.24) is 25.0 Å². The predicted octanol–water partition coefficient (Wildman–Crippen LogP) is 6.47. The van der Waals surface area contributed by atoms with Crippen LogP contribution in [0.25, 0.3) is 11.1 Å². The number of carbonyl (C=O) groups excluding carboxylic acids is 1. The molecule has 1 aliphatic heterocycles. The molecular formula is C31H25F6N5O2. The van der Waals surface area contributed by atoms with Crippen LogP contribution in [0.2, 0.25) is 0 Å². The summed E-state index contributed by atoms with van der Waals surface area (Å²) < 4.78 is 96.3. The highest BCUT2D eigenvalue weighted by atomic mass is 19.3. The van der Waals surface area contributed by atoms with Crippen molar-refractivity contribution in [1.29, 1.82) is 0 Å². The number of amides is 1. The van der Waals surface area contributed by atoms with Gasteiger partial charge in [0.15, 0.2) is 0 Å². The van der Waals surface area contributed by atoms with E-state index >= 15 is 8.87 Å². The second-order valence-corrected chi connectivity index (χ2v) is 11.3. The average Bonchev–Trinajstić information content (AvgIpc) is 3.64. The molecule has 3 aliphatic rings. The number of nitrogens with zero attached hydrogens (tertiary/aromatic N) is 5. The van der Waals surface area contributed by atoms with Gasteiger partial charge in [-0.15, -0.1) is 4.48 Å². The molecule has 2 aliphatic carbocycles. The molecule has 0 N–H and O–H groups in total. The number of hydrogen-bond donors (Lipinski definition) is 0. The number of halogens is 6. The van der Waals surface area contributed by atoms with Gasteiger partial charge in [-0.2, -0.15) is 5.10 Å². The Labute approximate surface area is 247 Å². The molecule has 2 aromatic carbocycles. The molecule has 228 valence electrons. The van der Waals surface area contributed by atoms with Gasteiger partial charge in [0.25, 0.3) is 18.1 Å². The summed E-state index contributed by atoms with van der Waals surface area (Å²) in [7, 11) is 1.56. The summed E-state index contributed by atoms with van der Waals surface area (Å²) in [4.78, 5) is 18.3. The highest BCUT2D eigenvalue weighted by Gasteiger charge is 2.72. The number of carbonyl (C=O) groups is 1. The Morgan fingerprint density at radius 1 is 1.05 bits per heavy atom. The molecule has 0 saturated heterocycles. The van der Waals surface area contributed by atoms with Crippen molar-refractivity contribution >= 4 is 5.91 Å². The van der Waals surface area contributed by atoms with Crippen LogP contribution in [0.15, 0.2) is 60.8 Å². The zero-order valence-corrected chi connectivity index (χ0v) is 23.2. The van der Waals surface area contributed by atoms with Gasteiger partial charge in [0.05, 0.1) is 24.0 Å². The molecule has 4 aromatic rings. The van der Waals surface area contributed by atoms with E-state index in [9.17, 15) is 22.4 Å². The van der Waals surface area contributed by atoms with Crippen LogP contribution in [0, 0.1) is 17.6 Å². The Bertz CT molecular complexity index is 1740. The molecule has 0 radical (unpaired) electrons. The van der Waals surface area contributed by atoms with Gasteiger partial charge in [0.2, 0.25) is 0 Å². The normalized spacial score (nSPS) is 23.1. The largest absolute Gasteiger partial charge is 0.380 e. The molecular weight excluding hydrogens is 588 g/mol. The number of methoxy groups -OCH3 is 1. The first-order chi connectivity index (χ1) is 21.1. The summed E-state index contributed by atoms with van der Waals surface area (Å²) in [5.41, 5.74) is 1.04. The number of benzene rings is 2. The van der Waals surface area contributed by atoms with E-state index in [4.69, 9.17) is 4.74 Å². The third-order valence-electron chi connectivity index (χ3n) is 8.58. The van der Waals surface area contributed by atoms with Gasteiger partial charge in [-0.3, -0.25) is 14.5 Å². The molecule has 7 rings (SSSR count). The Kier molecular flexibility index (Phi) is 6.77. The summed E-state index contributed by atoms with van der Waals surface area (Å²) >= 11 is 0. The minimum Gasteiger partial charge on any atom is -0.380 e. The summed E-state index contributed by atoms with van der Waals surface area (Å²) in [5.74, 6) is -7.47. The van der Waals surface area contributed by atoms with E-state index in [1.807, 2.05) is 12.1 Å². The number of fused-ring (bicyclic) bond motifs is 3. The van der Waals surface area contributed by atoms with Gasteiger partial charge in [-0.05, 0) is 52.5 Å². The third kappa shape index (κ3) is 4.40. The standard InChI is InChI=1S/C31H25F6N5O2/c1-44-15-16-4-6-18(7-5-16)21-3-2-8-38-27(21)24(11-17-9-19(32)12-20(33)10-17)41-25(43)14-40-29-26(28(39-40)30(34)35)22-13-23(22)31(29,36)42(41)37/h2-10,12,22-24,30H,11,13-15H2,1H3. The van der Waals surface area contributed by atoms with Crippen molar-refractivity contribution < 1.29 is 36.0 Å². The monoisotopic (exact) mass is 613 g/mol. The number of hydrogen-bond acceptors (Lipinski definition) is 5. The number of alkyl halides is 3. The predicted molar refractivity (Wildman–Crippen MR) is 144 cm³/mol. The lowest BCUT2D eigenvalue weighted by Gasteiger charge is -2.39. The van der Waals surface area contributed by atoms with E-state index in [1.165, 1.54) is 6.20 Å². The van der Waals surface area contributed by atoms with Crippen LogP contribution in [0.3, 0.4) is 0 Å². The molecule has 3 heterocycles. The fourth-order valence-corrected chi connectivity index (χ4v) is 6.72. The summed E-state index contributed by atoms with van der Waals surface area (Å²) in [6.45, 7) is -0.375. The van der Waals surface area contributed by atoms with Gasteiger partial charge in [-0.1, -0.05) is 30.3 Å². The Hall–Kier alpha value is -4.23. The minimum atomic E-state index is -3.03. The van der Waals surface area contributed by atoms with Crippen molar-refractivity contribution in [3.05, 3.63) is 106 Å². The molecule has 1 amide bonds. The van der Waals surface area contributed by atoms with Gasteiger partial charge in [0, 0.05) is 42.8 Å². The summed E-state index contributed by atoms with van der Waals surface area (Å²) in [6.07, 6.45) is -1.87. The Morgan fingerprint density at radius 2 is 1.77 bits per heavy atom. The maximum absolute atomic E-state index is 17.1. The smallest absolute Gasteiger partial charge is 0.282 e. The van der Waals surface area contributed by atoms with Crippen molar-refractivity contribution in [2.45, 2.75) is 50.2 Å². The van der Waals surface area contributed by atoms with Crippen molar-refractivity contribution in [3.63, 3.8) is 0 Å². The summed E-state index contributed by atoms with van der Waals surface area (Å²) in [6, 6.07) is 11.9. The number of rotatable bonds is 8. The number of ether oxygens (including phenoxy) is 1. The maximum Gasteiger partial charge on any atom is 0.282 e. The summed E-state index contributed by atoms with van der Waals surface area (Å²) in [5, 5.41) is 4.08. The van der Waals surface area contributed by atoms with Crippen molar-refractivity contribution in [2.75, 3.05) is 7.11 Å². The molecule has 1 saturated carbocycles. The molecule has 13 heteroatoms. The van der Waals surface area contributed by atoms with Crippen molar-refractivity contribution in [3.8, 4) is 11.1 Å². The zero-order valence-electron chi connectivity index (χ0n) is 23.2. The van der Waals surface area contributed by atoms with Gasteiger partial charge in [-0.25, -0.2) is 27.0 Å². The lowest BCUT2D eigenvalue weighted by Crippen LogP contribution is -2.52. The number of hydrazine groups is 1. The van der Waals surface area contributed by atoms with E-state index in [2.05, 4.69) is 10.1 Å². The van der Waals surface area contributed by atoms with E-state index in [-0.39, 0.29) is 34.9 Å². The van der Waals surface area contributed by atoms with E-state index < -0.39 is 65.6 Å². The van der Waals surface area contributed by atoms with E-state index in [0.29, 0.717) is 28.8 Å². The van der Waals surface area contributed by atoms with Crippen LogP contribution in [-0.4, -0.2) is 38.0 Å². The lowest BCUT2D eigenvalue weighted by atomic mass is 9.94. The quantitative estimate of drug-likeness (QED) is 0.130. The molecule has 1 fully saturated rings.